The van der Waals surface area contributed by atoms with Crippen molar-refractivity contribution in [2.45, 2.75) is 13.0 Å². The zero-order valence-electron chi connectivity index (χ0n) is 11.8. The monoisotopic (exact) mass is 294 g/mol. The van der Waals surface area contributed by atoms with Gasteiger partial charge in [0.1, 0.15) is 6.54 Å². The predicted octanol–water partition coefficient (Wildman–Crippen LogP) is 1.09. The van der Waals surface area contributed by atoms with E-state index in [-0.39, 0.29) is 18.1 Å². The second-order valence-corrected chi connectivity index (χ2v) is 5.29. The Morgan fingerprint density at radius 1 is 1.14 bits per heavy atom. The molecule has 1 aliphatic heterocycles. The summed E-state index contributed by atoms with van der Waals surface area (Å²) in [6.07, 6.45) is 2.50. The molecule has 2 aromatic heterocycles. The van der Waals surface area contributed by atoms with Crippen LogP contribution in [0.5, 0.6) is 0 Å². The Bertz CT molecular complexity index is 925. The molecule has 6 heteroatoms. The Morgan fingerprint density at radius 2 is 1.95 bits per heavy atom. The van der Waals surface area contributed by atoms with Gasteiger partial charge in [0.05, 0.1) is 0 Å². The van der Waals surface area contributed by atoms with Crippen molar-refractivity contribution in [3.8, 4) is 0 Å². The molecule has 0 unspecified atom stereocenters. The average molecular weight is 294 g/mol. The number of rotatable bonds is 2. The highest BCUT2D eigenvalue weighted by atomic mass is 16.2. The summed E-state index contributed by atoms with van der Waals surface area (Å²) in [5, 5.41) is 4.20. The van der Waals surface area contributed by atoms with E-state index in [0.717, 1.165) is 17.7 Å². The molecule has 0 saturated carbocycles. The molecule has 0 radical (unpaired) electrons. The van der Waals surface area contributed by atoms with E-state index < -0.39 is 0 Å². The van der Waals surface area contributed by atoms with Gasteiger partial charge in [-0.05, 0) is 30.2 Å². The fourth-order valence-corrected chi connectivity index (χ4v) is 2.88. The minimum atomic E-state index is -0.295. The molecule has 0 atom stereocenters. The van der Waals surface area contributed by atoms with Crippen LogP contribution < -0.4 is 10.6 Å². The molecule has 3 heterocycles. The van der Waals surface area contributed by atoms with Gasteiger partial charge in [-0.2, -0.15) is 0 Å². The summed E-state index contributed by atoms with van der Waals surface area (Å²) in [4.78, 5) is 26.5. The predicted molar refractivity (Wildman–Crippen MR) is 82.0 cm³/mol. The fourth-order valence-electron chi connectivity index (χ4n) is 2.88. The number of carbonyl (C=O) groups excluding carboxylic acids is 1. The average Bonchev–Trinajstić information content (AvgIpc) is 3.10. The van der Waals surface area contributed by atoms with Crippen LogP contribution in [0.25, 0.3) is 5.65 Å². The number of fused-ring (bicyclic) bond motifs is 2. The highest BCUT2D eigenvalue weighted by Crippen LogP contribution is 2.27. The lowest BCUT2D eigenvalue weighted by atomic mass is 10.2. The highest BCUT2D eigenvalue weighted by molar-refractivity contribution is 5.95. The standard InChI is InChI=1S/C16H14N4O2/c21-15(18-10-8-12-5-1-2-6-13(12)18)11-20-16(22)19-9-4-3-7-14(19)17-20/h1-7,9H,8,10-11H2. The van der Waals surface area contributed by atoms with Gasteiger partial charge in [-0.3, -0.25) is 9.20 Å². The van der Waals surface area contributed by atoms with E-state index in [2.05, 4.69) is 5.10 Å². The van der Waals surface area contributed by atoms with Crippen LogP contribution in [0, 0.1) is 0 Å². The molecule has 0 spiro atoms. The normalized spacial score (nSPS) is 13.5. The number of benzene rings is 1. The number of amides is 1. The number of nitrogens with zero attached hydrogens (tertiary/aromatic N) is 4. The maximum Gasteiger partial charge on any atom is 0.350 e. The first kappa shape index (κ1) is 12.8. The summed E-state index contributed by atoms with van der Waals surface area (Å²) in [7, 11) is 0. The second-order valence-electron chi connectivity index (χ2n) is 5.29. The Morgan fingerprint density at radius 3 is 2.82 bits per heavy atom. The van der Waals surface area contributed by atoms with Gasteiger partial charge < -0.3 is 4.90 Å². The van der Waals surface area contributed by atoms with Crippen molar-refractivity contribution in [2.75, 3.05) is 11.4 Å². The third kappa shape index (κ3) is 1.92. The van der Waals surface area contributed by atoms with Crippen LogP contribution in [0.3, 0.4) is 0 Å². The third-order valence-electron chi connectivity index (χ3n) is 3.96. The SMILES string of the molecule is O=C(Cn1nc2ccccn2c1=O)N1CCc2ccccc21. The molecule has 110 valence electrons. The van der Waals surface area contributed by atoms with E-state index >= 15 is 0 Å². The molecule has 0 fully saturated rings. The lowest BCUT2D eigenvalue weighted by molar-refractivity contribution is -0.119. The van der Waals surface area contributed by atoms with Crippen molar-refractivity contribution in [1.29, 1.82) is 0 Å². The zero-order valence-corrected chi connectivity index (χ0v) is 11.8. The highest BCUT2D eigenvalue weighted by Gasteiger charge is 2.25. The van der Waals surface area contributed by atoms with Crippen LogP contribution in [0.15, 0.2) is 53.5 Å². The van der Waals surface area contributed by atoms with Crippen LogP contribution in [-0.4, -0.2) is 26.6 Å². The van der Waals surface area contributed by atoms with Crippen LogP contribution >= 0.6 is 0 Å². The van der Waals surface area contributed by atoms with Gasteiger partial charge in [-0.25, -0.2) is 9.48 Å². The Kier molecular flexibility index (Phi) is 2.82. The van der Waals surface area contributed by atoms with Crippen LogP contribution in [0.4, 0.5) is 5.69 Å². The molecule has 1 aromatic carbocycles. The van der Waals surface area contributed by atoms with Crippen molar-refractivity contribution in [2.24, 2.45) is 0 Å². The molecule has 4 rings (SSSR count). The van der Waals surface area contributed by atoms with Gasteiger partial charge >= 0.3 is 5.69 Å². The molecule has 0 saturated heterocycles. The number of carbonyl (C=O) groups is 1. The third-order valence-corrected chi connectivity index (χ3v) is 3.96. The molecule has 3 aromatic rings. The number of pyridine rings is 1. The van der Waals surface area contributed by atoms with E-state index in [9.17, 15) is 9.59 Å². The van der Waals surface area contributed by atoms with Crippen molar-refractivity contribution in [1.82, 2.24) is 14.2 Å². The molecule has 0 bridgehead atoms. The molecule has 0 aliphatic carbocycles. The molecule has 1 amide bonds. The minimum absolute atomic E-state index is 0.0468. The summed E-state index contributed by atoms with van der Waals surface area (Å²) in [5.41, 5.74) is 2.35. The maximum absolute atomic E-state index is 12.5. The Hall–Kier alpha value is -2.89. The van der Waals surface area contributed by atoms with Crippen molar-refractivity contribution >= 4 is 17.2 Å². The number of hydrogen-bond acceptors (Lipinski definition) is 3. The maximum atomic E-state index is 12.5. The van der Waals surface area contributed by atoms with Crippen molar-refractivity contribution in [3.05, 3.63) is 64.7 Å². The van der Waals surface area contributed by atoms with E-state index in [1.165, 1.54) is 9.08 Å². The van der Waals surface area contributed by atoms with Gasteiger partial charge in [0, 0.05) is 18.4 Å². The number of anilines is 1. The van der Waals surface area contributed by atoms with Crippen LogP contribution in [0.2, 0.25) is 0 Å². The molecular formula is C16H14N4O2. The lowest BCUT2D eigenvalue weighted by Crippen LogP contribution is -2.35. The summed E-state index contributed by atoms with van der Waals surface area (Å²) >= 11 is 0. The number of hydrogen-bond donors (Lipinski definition) is 0. The minimum Gasteiger partial charge on any atom is -0.310 e. The molecular weight excluding hydrogens is 280 g/mol. The van der Waals surface area contributed by atoms with Crippen molar-refractivity contribution in [3.63, 3.8) is 0 Å². The number of para-hydroxylation sites is 1. The first-order valence-electron chi connectivity index (χ1n) is 7.16. The topological polar surface area (TPSA) is 59.6 Å². The van der Waals surface area contributed by atoms with Crippen LogP contribution in [0.1, 0.15) is 5.56 Å². The summed E-state index contributed by atoms with van der Waals surface area (Å²) in [6.45, 7) is 0.606. The molecule has 0 N–H and O–H groups in total. The van der Waals surface area contributed by atoms with Crippen molar-refractivity contribution < 1.29 is 4.79 Å². The first-order valence-corrected chi connectivity index (χ1v) is 7.16. The smallest absolute Gasteiger partial charge is 0.310 e. The number of aromatic nitrogens is 3. The lowest BCUT2D eigenvalue weighted by Gasteiger charge is -2.16. The summed E-state index contributed by atoms with van der Waals surface area (Å²) in [5.74, 6) is -0.115. The first-order chi connectivity index (χ1) is 10.7. The van der Waals surface area contributed by atoms with E-state index in [1.807, 2.05) is 30.3 Å². The second kappa shape index (κ2) is 4.84. The largest absolute Gasteiger partial charge is 0.350 e. The zero-order chi connectivity index (χ0) is 15.1. The van der Waals surface area contributed by atoms with Gasteiger partial charge in [0.15, 0.2) is 5.65 Å². The van der Waals surface area contributed by atoms with E-state index in [4.69, 9.17) is 0 Å². The molecule has 6 nitrogen and oxygen atoms in total. The summed E-state index contributed by atoms with van der Waals surface area (Å²) in [6, 6.07) is 13.2. The van der Waals surface area contributed by atoms with Gasteiger partial charge in [-0.15, -0.1) is 5.10 Å². The Balaban J connectivity index is 1.65. The quantitative estimate of drug-likeness (QED) is 0.711. The molecule has 22 heavy (non-hydrogen) atoms. The summed E-state index contributed by atoms with van der Waals surface area (Å²) < 4.78 is 2.66. The fraction of sp³-hybridized carbons (Fsp3) is 0.188. The van der Waals surface area contributed by atoms with E-state index in [0.29, 0.717) is 12.2 Å². The Labute approximate surface area is 126 Å². The van der Waals surface area contributed by atoms with Gasteiger partial charge in [0.25, 0.3) is 0 Å². The van der Waals surface area contributed by atoms with Gasteiger partial charge in [-0.1, -0.05) is 24.3 Å². The van der Waals surface area contributed by atoms with Crippen LogP contribution in [-0.2, 0) is 17.8 Å². The van der Waals surface area contributed by atoms with E-state index in [1.54, 1.807) is 23.2 Å². The molecule has 1 aliphatic rings. The van der Waals surface area contributed by atoms with Gasteiger partial charge in [0.2, 0.25) is 5.91 Å².